The van der Waals surface area contributed by atoms with E-state index in [1.165, 1.54) is 0 Å². The third kappa shape index (κ3) is 14.5. The van der Waals surface area contributed by atoms with Gasteiger partial charge in [-0.25, -0.2) is 24.3 Å². The van der Waals surface area contributed by atoms with Crippen LogP contribution in [0.15, 0.2) is 36.5 Å². The van der Waals surface area contributed by atoms with E-state index >= 15 is 0 Å². The molecule has 0 fully saturated rings. The fourth-order valence-electron chi connectivity index (χ4n) is 0.680. The van der Waals surface area contributed by atoms with Crippen LogP contribution in [-0.2, 0) is 21.7 Å². The van der Waals surface area contributed by atoms with Crippen LogP contribution < -0.4 is 12.4 Å². The summed E-state index contributed by atoms with van der Waals surface area (Å²) < 4.78 is 0. The summed E-state index contributed by atoms with van der Waals surface area (Å²) in [5.41, 5.74) is 0. The van der Waals surface area contributed by atoms with Crippen molar-refractivity contribution in [3.8, 4) is 0 Å². The van der Waals surface area contributed by atoms with Crippen LogP contribution in [0.3, 0.4) is 0 Å². The molecule has 0 aromatic rings. The summed E-state index contributed by atoms with van der Waals surface area (Å²) in [7, 11) is 0. The minimum absolute atomic E-state index is 0. The zero-order valence-electron chi connectivity index (χ0n) is 8.46. The van der Waals surface area contributed by atoms with E-state index in [2.05, 4.69) is 31.2 Å². The van der Waals surface area contributed by atoms with Crippen LogP contribution in [0.25, 0.3) is 0 Å². The maximum absolute atomic E-state index is 3.25. The first kappa shape index (κ1) is 19.5. The van der Waals surface area contributed by atoms with Crippen LogP contribution in [0.4, 0.5) is 0 Å². The van der Waals surface area contributed by atoms with Gasteiger partial charge < -0.3 is 19.3 Å². The van der Waals surface area contributed by atoms with Crippen LogP contribution in [0, 0.1) is 19.1 Å². The van der Waals surface area contributed by atoms with Gasteiger partial charge in [-0.15, -0.1) is 12.8 Å². The van der Waals surface area contributed by atoms with Gasteiger partial charge in [-0.05, 0) is 0 Å². The summed E-state index contributed by atoms with van der Waals surface area (Å²) in [5, 5.41) is 0. The predicted molar refractivity (Wildman–Crippen MR) is 54.2 cm³/mol. The monoisotopic (exact) mass is 242 g/mol. The van der Waals surface area contributed by atoms with Crippen molar-refractivity contribution in [2.24, 2.45) is 0 Å². The molecule has 0 unspecified atom stereocenters. The summed E-state index contributed by atoms with van der Waals surface area (Å²) in [6.45, 7) is 5.00. The maximum atomic E-state index is 3.25. The Hall–Kier alpha value is -0.0357. The number of hydrogen-bond donors (Lipinski definition) is 0. The average Bonchev–Trinajstić information content (AvgIpc) is 2.87. The van der Waals surface area contributed by atoms with Gasteiger partial charge in [0.25, 0.3) is 0 Å². The van der Waals surface area contributed by atoms with Crippen LogP contribution in [0.5, 0.6) is 0 Å². The third-order valence-electron chi connectivity index (χ3n) is 1.17. The van der Waals surface area contributed by atoms with E-state index in [0.717, 1.165) is 12.8 Å². The first-order chi connectivity index (χ1) is 6.00. The zero-order valence-corrected chi connectivity index (χ0v) is 10.8. The quantitative estimate of drug-likeness (QED) is 0.428. The van der Waals surface area contributed by atoms with Crippen molar-refractivity contribution in [1.82, 2.24) is 0 Å². The molecule has 0 nitrogen and oxygen atoms in total. The molecule has 0 aromatic carbocycles. The molecule has 0 spiro atoms. The molecule has 2 rings (SSSR count). The molecule has 0 aromatic heterocycles. The predicted octanol–water partition coefficient (Wildman–Crippen LogP) is 0.453. The first-order valence-corrected chi connectivity index (χ1v) is 4.14. The SMILES string of the molecule is [C-]1=CC=CC1.[C-]1=CC=CC1.[CH2-]C.[Cl-].[Ti+4]. The first-order valence-electron chi connectivity index (χ1n) is 4.14. The van der Waals surface area contributed by atoms with Crippen molar-refractivity contribution >= 4 is 0 Å². The van der Waals surface area contributed by atoms with Gasteiger partial charge in [0.05, 0.1) is 0 Å². The number of hydrogen-bond acceptors (Lipinski definition) is 0. The second kappa shape index (κ2) is 18.7. The molecule has 0 radical (unpaired) electrons. The van der Waals surface area contributed by atoms with Gasteiger partial charge in [-0.3, -0.25) is 12.2 Å². The Morgan fingerprint density at radius 1 is 0.929 bits per heavy atom. The number of halogens is 1. The third-order valence-corrected chi connectivity index (χ3v) is 1.17. The fraction of sp³-hybridized carbons (Fsp3) is 0.250. The Labute approximate surface area is 109 Å². The number of rotatable bonds is 0. The van der Waals surface area contributed by atoms with Crippen molar-refractivity contribution in [1.29, 1.82) is 0 Å². The van der Waals surface area contributed by atoms with Gasteiger partial charge in [0.15, 0.2) is 0 Å². The zero-order chi connectivity index (χ0) is 9.07. The molecule has 0 aliphatic heterocycles. The molecule has 0 N–H and O–H groups in total. The average molecular weight is 243 g/mol. The van der Waals surface area contributed by atoms with Crippen molar-refractivity contribution in [3.05, 3.63) is 55.5 Å². The van der Waals surface area contributed by atoms with Crippen molar-refractivity contribution < 1.29 is 34.1 Å². The summed E-state index contributed by atoms with van der Waals surface area (Å²) in [5.74, 6) is 0. The smallest absolute Gasteiger partial charge is 1.00 e. The van der Waals surface area contributed by atoms with Gasteiger partial charge in [-0.2, -0.15) is 19.1 Å². The Kier molecular flexibility index (Phi) is 26.1. The van der Waals surface area contributed by atoms with Gasteiger partial charge in [-0.1, -0.05) is 0 Å². The topological polar surface area (TPSA) is 0 Å². The van der Waals surface area contributed by atoms with Gasteiger partial charge >= 0.3 is 21.7 Å². The second-order valence-electron chi connectivity index (χ2n) is 2.01. The van der Waals surface area contributed by atoms with Crippen LogP contribution in [0.2, 0.25) is 0 Å². The largest absolute Gasteiger partial charge is 4.00 e. The summed E-state index contributed by atoms with van der Waals surface area (Å²) in [6, 6.07) is 0. The van der Waals surface area contributed by atoms with E-state index < -0.39 is 0 Å². The van der Waals surface area contributed by atoms with Crippen molar-refractivity contribution in [2.45, 2.75) is 19.8 Å². The summed E-state index contributed by atoms with van der Waals surface area (Å²) in [6.07, 6.45) is 20.0. The van der Waals surface area contributed by atoms with E-state index in [0.29, 0.717) is 0 Å². The van der Waals surface area contributed by atoms with Crippen molar-refractivity contribution in [2.75, 3.05) is 0 Å². The molecule has 74 valence electrons. The van der Waals surface area contributed by atoms with E-state index in [9.17, 15) is 0 Å². The molecule has 2 heteroatoms. The molecular formula is C12H15ClTi. The molecule has 0 saturated carbocycles. The molecule has 0 atom stereocenters. The van der Waals surface area contributed by atoms with Crippen LogP contribution >= 0.6 is 0 Å². The normalized spacial score (nSPS) is 13.0. The summed E-state index contributed by atoms with van der Waals surface area (Å²) in [4.78, 5) is 0. The summed E-state index contributed by atoms with van der Waals surface area (Å²) >= 11 is 0. The number of allylic oxidation sites excluding steroid dienone is 8. The second-order valence-corrected chi connectivity index (χ2v) is 2.01. The fourth-order valence-corrected chi connectivity index (χ4v) is 0.680. The Bertz CT molecular complexity index is 148. The standard InChI is InChI=1S/2C5H5.C2H5.ClH.Ti/c2*1-2-4-5-3-1;1-2;;/h2*1-3H,4H2;1H2,2H3;1H;/q3*-1;;+4/p-1. The molecule has 0 heterocycles. The Balaban J connectivity index is -0.000000131. The van der Waals surface area contributed by atoms with Gasteiger partial charge in [0.1, 0.15) is 0 Å². The minimum atomic E-state index is 0. The van der Waals surface area contributed by atoms with E-state index in [4.69, 9.17) is 0 Å². The van der Waals surface area contributed by atoms with Gasteiger partial charge in [0, 0.05) is 0 Å². The molecule has 0 saturated heterocycles. The minimum Gasteiger partial charge on any atom is -1.00 e. The van der Waals surface area contributed by atoms with Gasteiger partial charge in [0.2, 0.25) is 0 Å². The molecule has 2 aliphatic carbocycles. The molecule has 0 amide bonds. The van der Waals surface area contributed by atoms with Crippen LogP contribution in [-0.4, -0.2) is 0 Å². The molecular weight excluding hydrogens is 227 g/mol. The molecule has 2 aliphatic rings. The van der Waals surface area contributed by atoms with E-state index in [1.807, 2.05) is 24.3 Å². The van der Waals surface area contributed by atoms with E-state index in [-0.39, 0.29) is 34.1 Å². The Morgan fingerprint density at radius 2 is 1.29 bits per heavy atom. The maximum Gasteiger partial charge on any atom is 4.00 e. The van der Waals surface area contributed by atoms with Crippen LogP contribution in [0.1, 0.15) is 19.8 Å². The van der Waals surface area contributed by atoms with E-state index in [1.54, 1.807) is 6.92 Å². The Morgan fingerprint density at radius 3 is 1.36 bits per heavy atom. The molecule has 14 heavy (non-hydrogen) atoms. The van der Waals surface area contributed by atoms with Crippen molar-refractivity contribution in [3.63, 3.8) is 0 Å². The molecule has 0 bridgehead atoms.